The molecule has 0 saturated carbocycles. The van der Waals surface area contributed by atoms with Crippen molar-refractivity contribution in [3.8, 4) is 10.4 Å². The summed E-state index contributed by atoms with van der Waals surface area (Å²) in [5, 5.41) is 3.02. The summed E-state index contributed by atoms with van der Waals surface area (Å²) in [7, 11) is 0. The van der Waals surface area contributed by atoms with Crippen molar-refractivity contribution in [1.29, 1.82) is 0 Å². The Morgan fingerprint density at radius 2 is 2.20 bits per heavy atom. The van der Waals surface area contributed by atoms with E-state index >= 15 is 0 Å². The average molecular weight is 359 g/mol. The van der Waals surface area contributed by atoms with Gasteiger partial charge in [-0.05, 0) is 25.0 Å². The van der Waals surface area contributed by atoms with Gasteiger partial charge in [-0.25, -0.2) is 4.79 Å². The summed E-state index contributed by atoms with van der Waals surface area (Å²) in [5.41, 5.74) is 12.7. The first-order valence-electron chi connectivity index (χ1n) is 8.20. The molecule has 8 heteroatoms. The third-order valence-corrected chi connectivity index (χ3v) is 5.24. The fourth-order valence-electron chi connectivity index (χ4n) is 2.94. The second kappa shape index (κ2) is 7.62. The molecule has 2 aromatic heterocycles. The molecule has 1 fully saturated rings. The molecule has 0 spiro atoms. The minimum Gasteiger partial charge on any atom is -0.351 e. The zero-order valence-corrected chi connectivity index (χ0v) is 14.6. The summed E-state index contributed by atoms with van der Waals surface area (Å²) in [4.78, 5) is 31.1. The molecule has 25 heavy (non-hydrogen) atoms. The normalized spacial score (nSPS) is 17.8. The molecule has 7 nitrogen and oxygen atoms in total. The molecule has 3 rings (SSSR count). The average Bonchev–Trinajstić information content (AvgIpc) is 2.87. The van der Waals surface area contributed by atoms with Crippen molar-refractivity contribution >= 4 is 28.3 Å². The number of nitrogens with two attached hydrogens (primary N) is 2. The number of nitrogens with zero attached hydrogens (tertiary/aromatic N) is 2. The van der Waals surface area contributed by atoms with Gasteiger partial charge in [0, 0.05) is 42.0 Å². The molecular formula is C17H21N5O2S. The van der Waals surface area contributed by atoms with Crippen LogP contribution in [-0.2, 0) is 0 Å². The molecule has 3 heterocycles. The van der Waals surface area contributed by atoms with Gasteiger partial charge in [-0.2, -0.15) is 0 Å². The van der Waals surface area contributed by atoms with Crippen molar-refractivity contribution in [3.63, 3.8) is 0 Å². The molecule has 0 aromatic carbocycles. The highest BCUT2D eigenvalue weighted by atomic mass is 32.1. The summed E-state index contributed by atoms with van der Waals surface area (Å²) < 4.78 is 0. The lowest BCUT2D eigenvalue weighted by molar-refractivity contribution is 0.0756. The molecule has 1 saturated heterocycles. The first-order chi connectivity index (χ1) is 12.0. The van der Waals surface area contributed by atoms with E-state index in [-0.39, 0.29) is 11.9 Å². The highest BCUT2D eigenvalue weighted by molar-refractivity contribution is 7.20. The number of carbonyl (C=O) groups is 2. The van der Waals surface area contributed by atoms with E-state index in [0.717, 1.165) is 29.7 Å². The van der Waals surface area contributed by atoms with E-state index in [9.17, 15) is 9.59 Å². The van der Waals surface area contributed by atoms with Crippen molar-refractivity contribution < 1.29 is 9.59 Å². The Kier molecular flexibility index (Phi) is 5.30. The minimum atomic E-state index is -0.693. The Hall–Kier alpha value is -2.45. The summed E-state index contributed by atoms with van der Waals surface area (Å²) in [6.07, 6.45) is 6.26. The van der Waals surface area contributed by atoms with Gasteiger partial charge in [-0.1, -0.05) is 12.5 Å². The Morgan fingerprint density at radius 1 is 1.36 bits per heavy atom. The van der Waals surface area contributed by atoms with Gasteiger partial charge in [0.2, 0.25) is 0 Å². The van der Waals surface area contributed by atoms with Gasteiger partial charge in [-0.15, -0.1) is 11.3 Å². The summed E-state index contributed by atoms with van der Waals surface area (Å²) in [5.74, 6) is -0.132. The van der Waals surface area contributed by atoms with Gasteiger partial charge in [0.1, 0.15) is 5.00 Å². The standard InChI is InChI=1S/C17H21N5O2S/c18-12-5-1-2-7-22(10-12)16(23)13-8-14(11-4-3-6-20-9-11)25-15(13)21-17(19)24/h3-4,6,8-9,12H,1-2,5,7,10,18H2,(H3,19,21,24). The van der Waals surface area contributed by atoms with Crippen molar-refractivity contribution in [1.82, 2.24) is 9.88 Å². The van der Waals surface area contributed by atoms with Gasteiger partial charge in [-0.3, -0.25) is 15.1 Å². The van der Waals surface area contributed by atoms with Crippen LogP contribution < -0.4 is 16.8 Å². The lowest BCUT2D eigenvalue weighted by Crippen LogP contribution is -2.39. The number of rotatable bonds is 3. The van der Waals surface area contributed by atoms with Gasteiger partial charge >= 0.3 is 6.03 Å². The Balaban J connectivity index is 1.94. The van der Waals surface area contributed by atoms with E-state index in [2.05, 4.69) is 10.3 Å². The maximum absolute atomic E-state index is 13.0. The number of hydrogen-bond donors (Lipinski definition) is 3. The Morgan fingerprint density at radius 3 is 2.92 bits per heavy atom. The number of primary amides is 1. The first-order valence-corrected chi connectivity index (χ1v) is 9.02. The molecule has 0 bridgehead atoms. The lowest BCUT2D eigenvalue weighted by atomic mass is 10.1. The molecule has 1 unspecified atom stereocenters. The number of aromatic nitrogens is 1. The molecule has 0 aliphatic carbocycles. The summed E-state index contributed by atoms with van der Waals surface area (Å²) in [6, 6.07) is 4.80. The number of likely N-dealkylation sites (tertiary alicyclic amines) is 1. The highest BCUT2D eigenvalue weighted by Gasteiger charge is 2.25. The van der Waals surface area contributed by atoms with Gasteiger partial charge in [0.15, 0.2) is 0 Å². The second-order valence-corrected chi connectivity index (χ2v) is 7.14. The zero-order valence-electron chi connectivity index (χ0n) is 13.8. The predicted octanol–water partition coefficient (Wildman–Crippen LogP) is 2.25. The minimum absolute atomic E-state index is 0.0181. The van der Waals surface area contributed by atoms with Crippen LogP contribution in [0.4, 0.5) is 9.80 Å². The van der Waals surface area contributed by atoms with Crippen molar-refractivity contribution in [3.05, 3.63) is 36.2 Å². The van der Waals surface area contributed by atoms with Crippen molar-refractivity contribution in [2.45, 2.75) is 25.3 Å². The van der Waals surface area contributed by atoms with Gasteiger partial charge < -0.3 is 16.4 Å². The monoisotopic (exact) mass is 359 g/mol. The molecule has 5 N–H and O–H groups in total. The van der Waals surface area contributed by atoms with Crippen LogP contribution >= 0.6 is 11.3 Å². The van der Waals surface area contributed by atoms with Crippen molar-refractivity contribution in [2.24, 2.45) is 11.5 Å². The molecular weight excluding hydrogens is 338 g/mol. The smallest absolute Gasteiger partial charge is 0.317 e. The summed E-state index contributed by atoms with van der Waals surface area (Å²) in [6.45, 7) is 1.19. The Bertz CT molecular complexity index is 762. The number of amides is 3. The van der Waals surface area contributed by atoms with E-state index in [1.807, 2.05) is 12.1 Å². The second-order valence-electron chi connectivity index (χ2n) is 6.09. The van der Waals surface area contributed by atoms with Crippen LogP contribution in [0, 0.1) is 0 Å². The van der Waals surface area contributed by atoms with E-state index in [4.69, 9.17) is 11.5 Å². The fraction of sp³-hybridized carbons (Fsp3) is 0.353. The highest BCUT2D eigenvalue weighted by Crippen LogP contribution is 2.36. The van der Waals surface area contributed by atoms with Crippen LogP contribution in [0.1, 0.15) is 29.6 Å². The molecule has 1 aliphatic rings. The molecule has 1 aliphatic heterocycles. The summed E-state index contributed by atoms with van der Waals surface area (Å²) >= 11 is 1.31. The number of nitrogens with one attached hydrogen (secondary N) is 1. The van der Waals surface area contributed by atoms with Gasteiger partial charge in [0.05, 0.1) is 5.56 Å². The van der Waals surface area contributed by atoms with Crippen LogP contribution in [0.5, 0.6) is 0 Å². The SMILES string of the molecule is NC(=O)Nc1sc(-c2cccnc2)cc1C(=O)N1CCCCC(N)C1. The fourth-order valence-corrected chi connectivity index (χ4v) is 3.98. The number of hydrogen-bond acceptors (Lipinski definition) is 5. The maximum atomic E-state index is 13.0. The zero-order chi connectivity index (χ0) is 17.8. The first kappa shape index (κ1) is 17.4. The third-order valence-electron chi connectivity index (χ3n) is 4.14. The lowest BCUT2D eigenvalue weighted by Gasteiger charge is -2.22. The molecule has 0 radical (unpaired) electrons. The molecule has 3 amide bonds. The quantitative estimate of drug-likeness (QED) is 0.779. The van der Waals surface area contributed by atoms with E-state index in [0.29, 0.717) is 23.7 Å². The number of anilines is 1. The van der Waals surface area contributed by atoms with Crippen LogP contribution in [0.3, 0.4) is 0 Å². The number of thiophene rings is 1. The molecule has 2 aromatic rings. The number of pyridine rings is 1. The maximum Gasteiger partial charge on any atom is 0.317 e. The third kappa shape index (κ3) is 4.15. The van der Waals surface area contributed by atoms with E-state index in [1.54, 1.807) is 23.4 Å². The van der Waals surface area contributed by atoms with Crippen LogP contribution in [0.15, 0.2) is 30.6 Å². The van der Waals surface area contributed by atoms with Crippen molar-refractivity contribution in [2.75, 3.05) is 18.4 Å². The molecule has 132 valence electrons. The topological polar surface area (TPSA) is 114 Å². The molecule has 1 atom stereocenters. The van der Waals surface area contributed by atoms with Crippen LogP contribution in [-0.4, -0.2) is 41.0 Å². The number of carbonyl (C=O) groups excluding carboxylic acids is 2. The van der Waals surface area contributed by atoms with Crippen LogP contribution in [0.2, 0.25) is 0 Å². The number of urea groups is 1. The van der Waals surface area contributed by atoms with E-state index < -0.39 is 6.03 Å². The van der Waals surface area contributed by atoms with Crippen LogP contribution in [0.25, 0.3) is 10.4 Å². The van der Waals surface area contributed by atoms with E-state index in [1.165, 1.54) is 11.3 Å². The van der Waals surface area contributed by atoms with Gasteiger partial charge in [0.25, 0.3) is 5.91 Å². The Labute approximate surface area is 150 Å². The predicted molar refractivity (Wildman–Crippen MR) is 98.5 cm³/mol. The largest absolute Gasteiger partial charge is 0.351 e.